The molecule has 4 amide bonds. The van der Waals surface area contributed by atoms with Gasteiger partial charge in [-0.15, -0.1) is 22.6 Å². The van der Waals surface area contributed by atoms with Gasteiger partial charge in [-0.2, -0.15) is 5.26 Å². The van der Waals surface area contributed by atoms with Crippen molar-refractivity contribution in [1.29, 1.82) is 5.26 Å². The minimum Gasteiger partial charge on any atom is -0.490 e. The van der Waals surface area contributed by atoms with E-state index in [0.717, 1.165) is 101 Å². The van der Waals surface area contributed by atoms with Gasteiger partial charge in [-0.05, 0) is 99.7 Å². The number of fused-ring (bicyclic) bond motifs is 1. The van der Waals surface area contributed by atoms with Crippen molar-refractivity contribution in [3.63, 3.8) is 0 Å². The van der Waals surface area contributed by atoms with Crippen LogP contribution in [0.5, 0.6) is 5.75 Å². The van der Waals surface area contributed by atoms with Gasteiger partial charge in [0.05, 0.1) is 27.9 Å². The molecule has 2 N–H and O–H groups in total. The smallest absolute Gasteiger partial charge is 0.328 e. The summed E-state index contributed by atoms with van der Waals surface area (Å²) in [5.74, 6) is 1.07. The van der Waals surface area contributed by atoms with Crippen LogP contribution in [0.25, 0.3) is 10.9 Å². The van der Waals surface area contributed by atoms with E-state index in [-0.39, 0.29) is 55.4 Å². The first-order valence-corrected chi connectivity index (χ1v) is 20.0. The third-order valence-corrected chi connectivity index (χ3v) is 12.1. The molecule has 4 aromatic rings. The number of benzene rings is 2. The third-order valence-electron chi connectivity index (χ3n) is 11.8. The van der Waals surface area contributed by atoms with E-state index >= 15 is 0 Å². The van der Waals surface area contributed by atoms with Gasteiger partial charge in [0.2, 0.25) is 5.91 Å². The molecule has 13 nitrogen and oxygen atoms in total. The van der Waals surface area contributed by atoms with E-state index in [4.69, 9.17) is 21.6 Å². The van der Waals surface area contributed by atoms with Gasteiger partial charge in [-0.25, -0.2) is 9.18 Å². The van der Waals surface area contributed by atoms with Crippen LogP contribution in [0.15, 0.2) is 54.7 Å². The van der Waals surface area contributed by atoms with E-state index in [0.29, 0.717) is 33.6 Å². The van der Waals surface area contributed by atoms with E-state index in [1.807, 2.05) is 18.3 Å². The molecule has 0 unspecified atom stereocenters. The molecule has 0 bridgehead atoms. The molecule has 1 aliphatic carbocycles. The molecule has 2 aromatic heterocycles. The van der Waals surface area contributed by atoms with E-state index in [9.17, 15) is 18.8 Å². The van der Waals surface area contributed by atoms with Crippen LogP contribution in [-0.4, -0.2) is 88.9 Å². The fraction of sp³-hybridized carbons (Fsp3) is 0.463. The lowest BCUT2D eigenvalue weighted by Crippen LogP contribution is -2.49. The molecule has 0 spiro atoms. The summed E-state index contributed by atoms with van der Waals surface area (Å²) in [6, 6.07) is 15.4. The number of nitrogens with one attached hydrogen (secondary N) is 2. The number of urea groups is 1. The Balaban J connectivity index is 0.00000496. The highest BCUT2D eigenvalue weighted by Crippen LogP contribution is 2.35. The van der Waals surface area contributed by atoms with E-state index in [1.165, 1.54) is 11.0 Å². The fourth-order valence-corrected chi connectivity index (χ4v) is 8.90. The number of rotatable bonds is 9. The molecule has 4 aliphatic rings. The van der Waals surface area contributed by atoms with Gasteiger partial charge in [-0.3, -0.25) is 19.8 Å². The number of likely N-dealkylation sites (tertiary alicyclic amines) is 1. The molecule has 8 rings (SSSR count). The predicted octanol–water partition coefficient (Wildman–Crippen LogP) is 6.64. The monoisotopic (exact) mass is 817 g/mol. The summed E-state index contributed by atoms with van der Waals surface area (Å²) in [5, 5.41) is 24.4. The Kier molecular flexibility index (Phi) is 12.5. The van der Waals surface area contributed by atoms with Gasteiger partial charge in [0.1, 0.15) is 17.6 Å². The first-order chi connectivity index (χ1) is 27.2. The van der Waals surface area contributed by atoms with Crippen molar-refractivity contribution in [3.8, 4) is 11.8 Å². The van der Waals surface area contributed by atoms with Crippen LogP contribution in [0.3, 0.4) is 0 Å². The van der Waals surface area contributed by atoms with Gasteiger partial charge in [0.25, 0.3) is 5.91 Å². The zero-order valence-corrected chi connectivity index (χ0v) is 33.1. The molecule has 57 heavy (non-hydrogen) atoms. The normalized spacial score (nSPS) is 21.1. The number of ether oxygens (including phenoxy) is 1. The van der Waals surface area contributed by atoms with Gasteiger partial charge < -0.3 is 24.4 Å². The number of nitriles is 1. The third kappa shape index (κ3) is 9.11. The minimum atomic E-state index is -0.516. The van der Waals surface area contributed by atoms with Crippen LogP contribution in [0, 0.1) is 23.1 Å². The van der Waals surface area contributed by atoms with Crippen molar-refractivity contribution in [1.82, 2.24) is 30.3 Å². The summed E-state index contributed by atoms with van der Waals surface area (Å²) in [6.45, 7) is 4.95. The van der Waals surface area contributed by atoms with Crippen LogP contribution in [0.2, 0.25) is 5.02 Å². The lowest BCUT2D eigenvalue weighted by atomic mass is 9.92. The van der Waals surface area contributed by atoms with E-state index in [2.05, 4.69) is 41.3 Å². The number of halogens is 3. The van der Waals surface area contributed by atoms with E-state index in [1.54, 1.807) is 30.3 Å². The van der Waals surface area contributed by atoms with Crippen molar-refractivity contribution in [2.45, 2.75) is 76.0 Å². The second-order valence-corrected chi connectivity index (χ2v) is 15.8. The van der Waals surface area contributed by atoms with Crippen molar-refractivity contribution in [2.75, 3.05) is 49.1 Å². The molecule has 2 aromatic carbocycles. The second kappa shape index (κ2) is 17.7. The van der Waals surface area contributed by atoms with Gasteiger partial charge in [-0.1, -0.05) is 11.6 Å². The number of amides is 4. The standard InChI is InChI=1S/C41H45ClFN9O4.ClH/c42-34-23-32(4-1-27(34)24-44)56-31-5-2-29(3-6-31)45-40(54)35-7-8-38(48-47-35)50-17-9-26(10-18-50)25-49-15-11-30(12-16-49)51-19-13-33-36(51)21-28(43)22-37(33)52-20-14-39(53)46-41(52)55;/h1,4,7-8,13,19,21-23,26,29-31H,2-3,5-6,9-12,14-18,20,25H2,(H,45,54)(H,46,53,55);1H/t29-,31-;. The first kappa shape index (κ1) is 40.2. The summed E-state index contributed by atoms with van der Waals surface area (Å²) in [5.41, 5.74) is 1.99. The molecule has 4 fully saturated rings. The number of nitrogens with zero attached hydrogens (tertiary/aromatic N) is 7. The van der Waals surface area contributed by atoms with Crippen molar-refractivity contribution >= 4 is 64.3 Å². The Bertz CT molecular complexity index is 2140. The average Bonchev–Trinajstić information content (AvgIpc) is 3.63. The van der Waals surface area contributed by atoms with Crippen LogP contribution in [0.4, 0.5) is 20.7 Å². The van der Waals surface area contributed by atoms with Crippen LogP contribution < -0.4 is 25.2 Å². The van der Waals surface area contributed by atoms with Crippen LogP contribution in [0.1, 0.15) is 79.9 Å². The zero-order chi connectivity index (χ0) is 38.8. The van der Waals surface area contributed by atoms with Crippen molar-refractivity contribution in [3.05, 3.63) is 76.8 Å². The average molecular weight is 819 g/mol. The molecule has 300 valence electrons. The van der Waals surface area contributed by atoms with E-state index < -0.39 is 11.8 Å². The highest BCUT2D eigenvalue weighted by molar-refractivity contribution is 6.31. The Morgan fingerprint density at radius 3 is 2.40 bits per heavy atom. The van der Waals surface area contributed by atoms with Crippen LogP contribution >= 0.6 is 24.0 Å². The fourth-order valence-electron chi connectivity index (χ4n) is 8.69. The Hall–Kier alpha value is -4.97. The second-order valence-electron chi connectivity index (χ2n) is 15.4. The molecule has 3 aliphatic heterocycles. The summed E-state index contributed by atoms with van der Waals surface area (Å²) in [4.78, 5) is 43.5. The number of carbonyl (C=O) groups excluding carboxylic acids is 3. The number of hydrogen-bond donors (Lipinski definition) is 2. The molecule has 0 radical (unpaired) electrons. The molecule has 16 heteroatoms. The molecule has 0 atom stereocenters. The van der Waals surface area contributed by atoms with Gasteiger partial charge in [0.15, 0.2) is 11.5 Å². The lowest BCUT2D eigenvalue weighted by molar-refractivity contribution is -0.120. The predicted molar refractivity (Wildman–Crippen MR) is 217 cm³/mol. The van der Waals surface area contributed by atoms with Crippen LogP contribution in [-0.2, 0) is 4.79 Å². The summed E-state index contributed by atoms with van der Waals surface area (Å²) < 4.78 is 23.1. The van der Waals surface area contributed by atoms with Gasteiger partial charge in [0, 0.05) is 75.4 Å². The first-order valence-electron chi connectivity index (χ1n) is 19.6. The summed E-state index contributed by atoms with van der Waals surface area (Å²) >= 11 is 6.15. The highest BCUT2D eigenvalue weighted by Gasteiger charge is 2.30. The largest absolute Gasteiger partial charge is 0.490 e. The Morgan fingerprint density at radius 2 is 1.72 bits per heavy atom. The maximum atomic E-state index is 14.9. The van der Waals surface area contributed by atoms with Gasteiger partial charge >= 0.3 is 6.03 Å². The number of anilines is 2. The number of piperidine rings is 2. The molecular formula is C41H46Cl2FN9O4. The number of aromatic nitrogens is 3. The summed E-state index contributed by atoms with van der Waals surface area (Å²) in [7, 11) is 0. The Labute approximate surface area is 341 Å². The quantitative estimate of drug-likeness (QED) is 0.190. The topological polar surface area (TPSA) is 149 Å². The maximum absolute atomic E-state index is 14.9. The highest BCUT2D eigenvalue weighted by atomic mass is 35.5. The number of carbonyl (C=O) groups is 3. The molecule has 1 saturated carbocycles. The number of imide groups is 1. The summed E-state index contributed by atoms with van der Waals surface area (Å²) in [6.07, 6.45) is 9.38. The Morgan fingerprint density at radius 1 is 0.947 bits per heavy atom. The maximum Gasteiger partial charge on any atom is 0.328 e. The van der Waals surface area contributed by atoms with Crippen molar-refractivity contribution < 1.29 is 23.5 Å². The minimum absolute atomic E-state index is 0. The number of hydrogen-bond acceptors (Lipinski definition) is 9. The molecular weight excluding hydrogens is 772 g/mol. The molecule has 5 heterocycles. The van der Waals surface area contributed by atoms with Crippen molar-refractivity contribution in [2.24, 2.45) is 5.92 Å². The zero-order valence-electron chi connectivity index (χ0n) is 31.5. The SMILES string of the molecule is Cl.N#Cc1ccc(O[C@H]2CC[C@H](NC(=O)c3ccc(N4CCC(CN5CCC(n6ccc7c(N8CCC(=O)NC8=O)cc(F)cc76)CC5)CC4)nn3)CC2)cc1Cl. The lowest BCUT2D eigenvalue weighted by Gasteiger charge is -2.38. The molecule has 3 saturated heterocycles.